The summed E-state index contributed by atoms with van der Waals surface area (Å²) in [4.78, 5) is 0. The van der Waals surface area contributed by atoms with Crippen LogP contribution in [-0.4, -0.2) is 16.8 Å². The number of ether oxygens (including phenoxy) is 1. The number of halogens is 3. The summed E-state index contributed by atoms with van der Waals surface area (Å²) in [5.74, 6) is 0.0932. The Morgan fingerprint density at radius 3 is 2.93 bits per heavy atom. The molecule has 0 aliphatic heterocycles. The van der Waals surface area contributed by atoms with Crippen LogP contribution in [0.1, 0.15) is 0 Å². The lowest BCUT2D eigenvalue weighted by Gasteiger charge is -2.05. The van der Waals surface area contributed by atoms with E-state index in [1.165, 1.54) is 12.3 Å². The van der Waals surface area contributed by atoms with Crippen molar-refractivity contribution >= 4 is 26.8 Å². The second-order valence-corrected chi connectivity index (χ2v) is 3.44. The fourth-order valence-electron chi connectivity index (χ4n) is 1.17. The maximum Gasteiger partial charge on any atom is 0.387 e. The highest BCUT2D eigenvalue weighted by Gasteiger charge is 2.11. The number of benzene rings is 1. The van der Waals surface area contributed by atoms with Crippen molar-refractivity contribution in [3.8, 4) is 5.75 Å². The second-order valence-electron chi connectivity index (χ2n) is 2.58. The van der Waals surface area contributed by atoms with Crippen molar-refractivity contribution in [3.05, 3.63) is 22.8 Å². The molecule has 0 fully saturated rings. The fraction of sp³-hybridized carbons (Fsp3) is 0.125. The molecule has 0 aliphatic rings. The number of hydrogen-bond donors (Lipinski definition) is 1. The van der Waals surface area contributed by atoms with E-state index < -0.39 is 6.61 Å². The summed E-state index contributed by atoms with van der Waals surface area (Å²) in [6.45, 7) is -2.83. The van der Waals surface area contributed by atoms with Gasteiger partial charge in [-0.3, -0.25) is 5.10 Å². The normalized spacial score (nSPS) is 11.1. The van der Waals surface area contributed by atoms with Crippen molar-refractivity contribution in [2.24, 2.45) is 0 Å². The summed E-state index contributed by atoms with van der Waals surface area (Å²) in [5.41, 5.74) is 0.458. The van der Waals surface area contributed by atoms with Gasteiger partial charge in [-0.25, -0.2) is 0 Å². The Labute approximate surface area is 86.2 Å². The SMILES string of the molecule is FC(F)Oc1ccc(Br)c2cn[nH]c12. The van der Waals surface area contributed by atoms with Gasteiger partial charge in [-0.05, 0) is 12.1 Å². The van der Waals surface area contributed by atoms with Crippen LogP contribution in [0.3, 0.4) is 0 Å². The molecule has 0 saturated carbocycles. The van der Waals surface area contributed by atoms with Crippen molar-refractivity contribution in [3.63, 3.8) is 0 Å². The number of aromatic nitrogens is 2. The molecule has 0 saturated heterocycles. The van der Waals surface area contributed by atoms with E-state index in [9.17, 15) is 8.78 Å². The van der Waals surface area contributed by atoms with Crippen molar-refractivity contribution in [2.45, 2.75) is 6.61 Å². The first-order valence-electron chi connectivity index (χ1n) is 3.75. The average molecular weight is 263 g/mol. The van der Waals surface area contributed by atoms with Crippen molar-refractivity contribution < 1.29 is 13.5 Å². The van der Waals surface area contributed by atoms with E-state index >= 15 is 0 Å². The summed E-state index contributed by atoms with van der Waals surface area (Å²) in [6.07, 6.45) is 1.54. The van der Waals surface area contributed by atoms with Gasteiger partial charge in [-0.15, -0.1) is 0 Å². The van der Waals surface area contributed by atoms with Crippen LogP contribution in [0.4, 0.5) is 8.78 Å². The summed E-state index contributed by atoms with van der Waals surface area (Å²) < 4.78 is 29.1. The lowest BCUT2D eigenvalue weighted by atomic mass is 10.2. The third-order valence-electron chi connectivity index (χ3n) is 1.74. The van der Waals surface area contributed by atoms with Gasteiger partial charge in [0.15, 0.2) is 5.75 Å². The Balaban J connectivity index is 2.55. The van der Waals surface area contributed by atoms with Gasteiger partial charge in [0.05, 0.1) is 6.20 Å². The minimum absolute atomic E-state index is 0.0932. The largest absolute Gasteiger partial charge is 0.433 e. The number of rotatable bonds is 2. The number of aromatic amines is 1. The lowest BCUT2D eigenvalue weighted by molar-refractivity contribution is -0.0489. The Kier molecular flexibility index (Phi) is 2.37. The number of nitrogens with zero attached hydrogens (tertiary/aromatic N) is 1. The average Bonchev–Trinajstić information content (AvgIpc) is 2.58. The molecule has 0 spiro atoms. The molecule has 2 rings (SSSR count). The summed E-state index contributed by atoms with van der Waals surface area (Å²) in [5, 5.41) is 7.06. The molecular formula is C8H5BrF2N2O. The molecular weight excluding hydrogens is 258 g/mol. The van der Waals surface area contributed by atoms with Gasteiger partial charge in [-0.2, -0.15) is 13.9 Å². The molecule has 0 radical (unpaired) electrons. The van der Waals surface area contributed by atoms with E-state index in [1.54, 1.807) is 6.07 Å². The molecule has 0 aliphatic carbocycles. The molecule has 1 aromatic heterocycles. The third-order valence-corrected chi connectivity index (χ3v) is 2.43. The predicted octanol–water partition coefficient (Wildman–Crippen LogP) is 2.93. The Morgan fingerprint density at radius 1 is 1.43 bits per heavy atom. The van der Waals surface area contributed by atoms with Gasteiger partial charge >= 0.3 is 6.61 Å². The first kappa shape index (κ1) is 9.39. The second kappa shape index (κ2) is 3.53. The standard InChI is InChI=1S/C8H5BrF2N2O/c9-5-1-2-6(14-8(10)11)7-4(5)3-12-13-7/h1-3,8H,(H,12,13). The zero-order valence-electron chi connectivity index (χ0n) is 6.80. The summed E-state index contributed by atoms with van der Waals surface area (Å²) >= 11 is 3.27. The molecule has 0 amide bonds. The lowest BCUT2D eigenvalue weighted by Crippen LogP contribution is -2.02. The minimum Gasteiger partial charge on any atom is -0.433 e. The van der Waals surface area contributed by atoms with Gasteiger partial charge in [0, 0.05) is 9.86 Å². The number of nitrogens with one attached hydrogen (secondary N) is 1. The molecule has 0 atom stereocenters. The Morgan fingerprint density at radius 2 is 2.21 bits per heavy atom. The first-order chi connectivity index (χ1) is 6.68. The number of fused-ring (bicyclic) bond motifs is 1. The molecule has 0 bridgehead atoms. The topological polar surface area (TPSA) is 37.9 Å². The van der Waals surface area contributed by atoms with E-state index in [4.69, 9.17) is 0 Å². The van der Waals surface area contributed by atoms with Crippen LogP contribution in [0.2, 0.25) is 0 Å². The molecule has 3 nitrogen and oxygen atoms in total. The first-order valence-corrected chi connectivity index (χ1v) is 4.54. The highest BCUT2D eigenvalue weighted by Crippen LogP contribution is 2.30. The number of H-pyrrole nitrogens is 1. The zero-order chi connectivity index (χ0) is 10.1. The smallest absolute Gasteiger partial charge is 0.387 e. The fourth-order valence-corrected chi connectivity index (χ4v) is 1.60. The molecule has 74 valence electrons. The van der Waals surface area contributed by atoms with Crippen molar-refractivity contribution in [2.75, 3.05) is 0 Å². The van der Waals surface area contributed by atoms with E-state index in [0.717, 1.165) is 4.47 Å². The van der Waals surface area contributed by atoms with Gasteiger partial charge in [0.2, 0.25) is 0 Å². The Bertz CT molecular complexity index is 458. The van der Waals surface area contributed by atoms with Crippen LogP contribution in [0, 0.1) is 0 Å². The molecule has 1 N–H and O–H groups in total. The van der Waals surface area contributed by atoms with Gasteiger partial charge < -0.3 is 4.74 Å². The Hall–Kier alpha value is -1.17. The molecule has 1 aromatic carbocycles. The minimum atomic E-state index is -2.83. The van der Waals surface area contributed by atoms with Gasteiger partial charge in [0.25, 0.3) is 0 Å². The van der Waals surface area contributed by atoms with Crippen LogP contribution in [0.25, 0.3) is 10.9 Å². The summed E-state index contributed by atoms with van der Waals surface area (Å²) in [7, 11) is 0. The third kappa shape index (κ3) is 1.57. The highest BCUT2D eigenvalue weighted by atomic mass is 79.9. The van der Waals surface area contributed by atoms with Crippen LogP contribution in [-0.2, 0) is 0 Å². The molecule has 0 unspecified atom stereocenters. The van der Waals surface area contributed by atoms with Crippen LogP contribution < -0.4 is 4.74 Å². The monoisotopic (exact) mass is 262 g/mol. The molecule has 1 heterocycles. The van der Waals surface area contributed by atoms with Crippen molar-refractivity contribution in [1.82, 2.24) is 10.2 Å². The van der Waals surface area contributed by atoms with Crippen LogP contribution >= 0.6 is 15.9 Å². The van der Waals surface area contributed by atoms with Crippen LogP contribution in [0.15, 0.2) is 22.8 Å². The van der Waals surface area contributed by atoms with Crippen molar-refractivity contribution in [1.29, 1.82) is 0 Å². The highest BCUT2D eigenvalue weighted by molar-refractivity contribution is 9.10. The predicted molar refractivity (Wildman–Crippen MR) is 50.4 cm³/mol. The van der Waals surface area contributed by atoms with E-state index in [1.807, 2.05) is 0 Å². The van der Waals surface area contributed by atoms with E-state index in [2.05, 4.69) is 30.9 Å². The zero-order valence-corrected chi connectivity index (χ0v) is 8.38. The van der Waals surface area contributed by atoms with E-state index in [-0.39, 0.29) is 5.75 Å². The molecule has 2 aromatic rings. The maximum atomic E-state index is 12.0. The number of alkyl halides is 2. The summed E-state index contributed by atoms with van der Waals surface area (Å²) in [6, 6.07) is 3.09. The molecule has 6 heteroatoms. The van der Waals surface area contributed by atoms with Gasteiger partial charge in [0.1, 0.15) is 5.52 Å². The molecule has 14 heavy (non-hydrogen) atoms. The van der Waals surface area contributed by atoms with Crippen LogP contribution in [0.5, 0.6) is 5.75 Å². The van der Waals surface area contributed by atoms with Gasteiger partial charge in [-0.1, -0.05) is 15.9 Å². The van der Waals surface area contributed by atoms with E-state index in [0.29, 0.717) is 10.9 Å². The number of hydrogen-bond acceptors (Lipinski definition) is 2. The maximum absolute atomic E-state index is 12.0. The quantitative estimate of drug-likeness (QED) is 0.904.